The molecule has 0 spiro atoms. The molecule has 1 amide bonds. The molecule has 3 aromatic rings. The van der Waals surface area contributed by atoms with Crippen molar-refractivity contribution in [3.8, 4) is 0 Å². The van der Waals surface area contributed by atoms with Crippen molar-refractivity contribution in [1.29, 1.82) is 0 Å². The number of hydrogen-bond acceptors (Lipinski definition) is 5. The van der Waals surface area contributed by atoms with Gasteiger partial charge in [-0.25, -0.2) is 14.2 Å². The first kappa shape index (κ1) is 17.8. The van der Waals surface area contributed by atoms with Gasteiger partial charge in [0.15, 0.2) is 12.3 Å². The van der Waals surface area contributed by atoms with Crippen LogP contribution >= 0.6 is 11.6 Å². The van der Waals surface area contributed by atoms with Crippen LogP contribution in [-0.2, 0) is 16.6 Å². The number of halogens is 2. The van der Waals surface area contributed by atoms with E-state index in [0.29, 0.717) is 5.65 Å². The van der Waals surface area contributed by atoms with Crippen molar-refractivity contribution < 1.29 is 18.7 Å². The number of aryl methyl sites for hydroxylation is 2. The van der Waals surface area contributed by atoms with Crippen molar-refractivity contribution in [3.63, 3.8) is 0 Å². The number of ether oxygens (including phenoxy) is 1. The Hall–Kier alpha value is -3.00. The number of aromatic nitrogens is 3. The Morgan fingerprint density at radius 1 is 1.35 bits per heavy atom. The second-order valence-corrected chi connectivity index (χ2v) is 5.96. The van der Waals surface area contributed by atoms with Gasteiger partial charge in [-0.15, -0.1) is 0 Å². The van der Waals surface area contributed by atoms with Crippen LogP contribution in [0.3, 0.4) is 0 Å². The predicted octanol–water partition coefficient (Wildman–Crippen LogP) is 2.86. The molecule has 0 fully saturated rings. The van der Waals surface area contributed by atoms with Crippen LogP contribution in [0.5, 0.6) is 0 Å². The molecule has 0 aliphatic rings. The Balaban J connectivity index is 1.65. The SMILES string of the molecule is Cc1nn(C)c2ncc(C(=O)OCC(=O)Nc3ccc(F)cc3Cl)cc12. The molecule has 2 aromatic heterocycles. The average molecular weight is 377 g/mol. The fourth-order valence-corrected chi connectivity index (χ4v) is 2.63. The largest absolute Gasteiger partial charge is 0.452 e. The van der Waals surface area contributed by atoms with Crippen molar-refractivity contribution in [1.82, 2.24) is 14.8 Å². The zero-order valence-corrected chi connectivity index (χ0v) is 14.7. The first-order chi connectivity index (χ1) is 12.3. The van der Waals surface area contributed by atoms with Crippen LogP contribution in [0, 0.1) is 12.7 Å². The normalized spacial score (nSPS) is 10.8. The molecule has 0 unspecified atom stereocenters. The van der Waals surface area contributed by atoms with Crippen LogP contribution in [0.15, 0.2) is 30.5 Å². The minimum absolute atomic E-state index is 0.0476. The third-order valence-corrected chi connectivity index (χ3v) is 3.95. The lowest BCUT2D eigenvalue weighted by Crippen LogP contribution is -2.21. The van der Waals surface area contributed by atoms with E-state index in [1.54, 1.807) is 24.7 Å². The molecule has 0 aliphatic carbocycles. The van der Waals surface area contributed by atoms with E-state index in [-0.39, 0.29) is 16.3 Å². The van der Waals surface area contributed by atoms with Crippen molar-refractivity contribution >= 4 is 40.2 Å². The Kier molecular flexibility index (Phi) is 4.85. The first-order valence-corrected chi connectivity index (χ1v) is 7.94. The van der Waals surface area contributed by atoms with Crippen molar-refractivity contribution in [2.24, 2.45) is 7.05 Å². The molecular weight excluding hydrogens is 363 g/mol. The van der Waals surface area contributed by atoms with Gasteiger partial charge < -0.3 is 10.1 Å². The van der Waals surface area contributed by atoms with E-state index in [1.165, 1.54) is 12.3 Å². The summed E-state index contributed by atoms with van der Waals surface area (Å²) in [7, 11) is 1.76. The van der Waals surface area contributed by atoms with Gasteiger partial charge in [-0.3, -0.25) is 9.48 Å². The van der Waals surface area contributed by atoms with Gasteiger partial charge in [-0.1, -0.05) is 11.6 Å². The lowest BCUT2D eigenvalue weighted by Gasteiger charge is -2.08. The molecule has 9 heteroatoms. The van der Waals surface area contributed by atoms with Gasteiger partial charge in [0.25, 0.3) is 5.91 Å². The summed E-state index contributed by atoms with van der Waals surface area (Å²) in [5.41, 5.74) is 1.81. The standard InChI is InChI=1S/C17H14ClFN4O3/c1-9-12-5-10(7-20-16(12)23(2)22-9)17(25)26-8-15(24)21-14-4-3-11(19)6-13(14)18/h3-7H,8H2,1-2H3,(H,21,24). The Labute approximate surface area is 152 Å². The summed E-state index contributed by atoms with van der Waals surface area (Å²) in [6.45, 7) is 1.29. The minimum Gasteiger partial charge on any atom is -0.452 e. The van der Waals surface area contributed by atoms with Crippen LogP contribution in [0.4, 0.5) is 10.1 Å². The number of pyridine rings is 1. The topological polar surface area (TPSA) is 86.1 Å². The summed E-state index contributed by atoms with van der Waals surface area (Å²) < 4.78 is 19.6. The van der Waals surface area contributed by atoms with Gasteiger partial charge in [-0.05, 0) is 31.2 Å². The van der Waals surface area contributed by atoms with Gasteiger partial charge in [0, 0.05) is 18.6 Å². The minimum atomic E-state index is -0.692. The predicted molar refractivity (Wildman–Crippen MR) is 93.6 cm³/mol. The number of benzene rings is 1. The highest BCUT2D eigenvalue weighted by molar-refractivity contribution is 6.33. The van der Waals surface area contributed by atoms with E-state index in [2.05, 4.69) is 15.4 Å². The van der Waals surface area contributed by atoms with Crippen LogP contribution < -0.4 is 5.32 Å². The van der Waals surface area contributed by atoms with E-state index in [0.717, 1.165) is 23.2 Å². The maximum Gasteiger partial charge on any atom is 0.340 e. The summed E-state index contributed by atoms with van der Waals surface area (Å²) >= 11 is 5.83. The zero-order chi connectivity index (χ0) is 18.8. The van der Waals surface area contributed by atoms with Crippen LogP contribution in [0.1, 0.15) is 16.1 Å². The van der Waals surface area contributed by atoms with Crippen LogP contribution in [0.25, 0.3) is 11.0 Å². The second-order valence-electron chi connectivity index (χ2n) is 5.55. The van der Waals surface area contributed by atoms with Gasteiger partial charge in [0.05, 0.1) is 22.0 Å². The number of nitrogens with zero attached hydrogens (tertiary/aromatic N) is 3. The molecule has 3 rings (SSSR count). The van der Waals surface area contributed by atoms with E-state index < -0.39 is 24.3 Å². The van der Waals surface area contributed by atoms with E-state index in [9.17, 15) is 14.0 Å². The summed E-state index contributed by atoms with van der Waals surface area (Å²) in [6, 6.07) is 5.16. The number of hydrogen-bond donors (Lipinski definition) is 1. The van der Waals surface area contributed by atoms with Crippen LogP contribution in [-0.4, -0.2) is 33.2 Å². The molecule has 0 saturated heterocycles. The molecule has 0 atom stereocenters. The smallest absolute Gasteiger partial charge is 0.340 e. The lowest BCUT2D eigenvalue weighted by molar-refractivity contribution is -0.119. The van der Waals surface area contributed by atoms with Gasteiger partial charge in [0.2, 0.25) is 0 Å². The second kappa shape index (κ2) is 7.09. The number of anilines is 1. The zero-order valence-electron chi connectivity index (χ0n) is 13.9. The molecule has 0 aliphatic heterocycles. The van der Waals surface area contributed by atoms with E-state index >= 15 is 0 Å². The number of rotatable bonds is 4. The molecule has 1 N–H and O–H groups in total. The summed E-state index contributed by atoms with van der Waals surface area (Å²) in [4.78, 5) is 28.2. The Bertz CT molecular complexity index is 1020. The number of esters is 1. The molecule has 134 valence electrons. The van der Waals surface area contributed by atoms with E-state index in [1.807, 2.05) is 0 Å². The monoisotopic (exact) mass is 376 g/mol. The molecule has 0 saturated carbocycles. The highest BCUT2D eigenvalue weighted by Crippen LogP contribution is 2.22. The fraction of sp³-hybridized carbons (Fsp3) is 0.176. The number of amides is 1. The highest BCUT2D eigenvalue weighted by atomic mass is 35.5. The molecule has 1 aromatic carbocycles. The molecule has 26 heavy (non-hydrogen) atoms. The summed E-state index contributed by atoms with van der Waals surface area (Å²) in [5, 5.41) is 7.44. The fourth-order valence-electron chi connectivity index (χ4n) is 2.41. The summed E-state index contributed by atoms with van der Waals surface area (Å²) in [5.74, 6) is -1.81. The van der Waals surface area contributed by atoms with Crippen molar-refractivity contribution in [3.05, 3.63) is 52.6 Å². The summed E-state index contributed by atoms with van der Waals surface area (Å²) in [6.07, 6.45) is 1.36. The average Bonchev–Trinajstić information content (AvgIpc) is 2.89. The molecular formula is C17H14ClFN4O3. The Morgan fingerprint density at radius 3 is 2.85 bits per heavy atom. The number of fused-ring (bicyclic) bond motifs is 1. The molecule has 7 nitrogen and oxygen atoms in total. The van der Waals surface area contributed by atoms with Gasteiger partial charge in [0.1, 0.15) is 5.82 Å². The van der Waals surface area contributed by atoms with Crippen molar-refractivity contribution in [2.75, 3.05) is 11.9 Å². The highest BCUT2D eigenvalue weighted by Gasteiger charge is 2.15. The third kappa shape index (κ3) is 3.65. The van der Waals surface area contributed by atoms with Gasteiger partial charge in [-0.2, -0.15) is 5.10 Å². The number of carbonyl (C=O) groups is 2. The van der Waals surface area contributed by atoms with E-state index in [4.69, 9.17) is 16.3 Å². The molecule has 0 bridgehead atoms. The van der Waals surface area contributed by atoms with Crippen LogP contribution in [0.2, 0.25) is 5.02 Å². The Morgan fingerprint density at radius 2 is 2.12 bits per heavy atom. The quantitative estimate of drug-likeness (QED) is 0.707. The maximum absolute atomic E-state index is 13.0. The molecule has 0 radical (unpaired) electrons. The lowest BCUT2D eigenvalue weighted by atomic mass is 10.2. The number of carbonyl (C=O) groups excluding carboxylic acids is 2. The number of nitrogens with one attached hydrogen (secondary N) is 1. The third-order valence-electron chi connectivity index (χ3n) is 3.64. The van der Waals surface area contributed by atoms with Crippen molar-refractivity contribution in [2.45, 2.75) is 6.92 Å². The first-order valence-electron chi connectivity index (χ1n) is 7.56. The van der Waals surface area contributed by atoms with Gasteiger partial charge >= 0.3 is 5.97 Å². The molecule has 2 heterocycles. The maximum atomic E-state index is 13.0.